The van der Waals surface area contributed by atoms with Gasteiger partial charge in [0.1, 0.15) is 5.84 Å². The molecule has 2 unspecified atom stereocenters. The van der Waals surface area contributed by atoms with Gasteiger partial charge in [0.05, 0.1) is 11.4 Å². The highest BCUT2D eigenvalue weighted by Crippen LogP contribution is 2.27. The normalized spacial score (nSPS) is 12.6. The molecule has 0 N–H and O–H groups in total. The van der Waals surface area contributed by atoms with Crippen molar-refractivity contribution in [1.82, 2.24) is 0 Å². The largest absolute Gasteiger partial charge is 0.295 e. The Morgan fingerprint density at radius 2 is 1.50 bits per heavy atom. The van der Waals surface area contributed by atoms with Crippen LogP contribution in [0, 0.1) is 5.92 Å². The number of allylic oxidation sites excluding steroid dienone is 2. The molecule has 2 atom stereocenters. The maximum Gasteiger partial charge on any atom is 0.159 e. The highest BCUT2D eigenvalue weighted by molar-refractivity contribution is 6.30. The van der Waals surface area contributed by atoms with Crippen molar-refractivity contribution < 1.29 is 9.28 Å². The molecule has 0 aliphatic rings. The standard InChI is InChI=1S/C23H24ClFN2O.C14H22.C2H6/c1-5-7-22(19-8-12-20(24)13-9-19)26-23(16(3)6-2)27(25)21-14-10-18(11-15-21)17(4)28;1-3-5-10-13(9-4-2)14-11-7-6-8-12-14;1-2/h5,7-16H,1,6H2,2-4H3;6-8,11-13H,3-5,9-10H2,1-2H3;1-2H3/b22-7-,26-23?;;. The first-order valence-corrected chi connectivity index (χ1v) is 16.4. The summed E-state index contributed by atoms with van der Waals surface area (Å²) in [7, 11) is 0. The van der Waals surface area contributed by atoms with Gasteiger partial charge in [-0.25, -0.2) is 4.99 Å². The molecule has 3 rings (SSSR count). The van der Waals surface area contributed by atoms with Crippen LogP contribution in [0.3, 0.4) is 0 Å². The second-order valence-electron chi connectivity index (χ2n) is 10.5. The minimum atomic E-state index is -0.127. The van der Waals surface area contributed by atoms with Crippen LogP contribution in [0.15, 0.2) is 103 Å². The van der Waals surface area contributed by atoms with Gasteiger partial charge in [-0.1, -0.05) is 132 Å². The Balaban J connectivity index is 0.000000507. The van der Waals surface area contributed by atoms with E-state index in [1.54, 1.807) is 48.6 Å². The number of anilines is 1. The predicted molar refractivity (Wildman–Crippen MR) is 192 cm³/mol. The van der Waals surface area contributed by atoms with Gasteiger partial charge in [-0.15, -0.1) is 0 Å². The van der Waals surface area contributed by atoms with Gasteiger partial charge >= 0.3 is 0 Å². The number of halogens is 2. The monoisotopic (exact) mass is 618 g/mol. The van der Waals surface area contributed by atoms with Crippen LogP contribution >= 0.6 is 11.6 Å². The number of rotatable bonds is 13. The molecule has 3 aromatic rings. The minimum Gasteiger partial charge on any atom is -0.295 e. The Bertz CT molecular complexity index is 1280. The maximum absolute atomic E-state index is 15.3. The van der Waals surface area contributed by atoms with Crippen molar-refractivity contribution in [2.24, 2.45) is 10.9 Å². The molecule has 0 heterocycles. The van der Waals surface area contributed by atoms with E-state index in [1.165, 1.54) is 44.6 Å². The number of carbonyl (C=O) groups is 1. The quantitative estimate of drug-likeness (QED) is 0.0627. The van der Waals surface area contributed by atoms with Crippen LogP contribution in [0.25, 0.3) is 5.70 Å². The number of ketones is 1. The average molecular weight is 619 g/mol. The van der Waals surface area contributed by atoms with Crippen LogP contribution in [0.2, 0.25) is 5.02 Å². The molecule has 238 valence electrons. The molecule has 0 fully saturated rings. The maximum atomic E-state index is 15.3. The number of benzene rings is 3. The molecule has 3 aromatic carbocycles. The van der Waals surface area contributed by atoms with E-state index in [0.717, 1.165) is 11.5 Å². The highest BCUT2D eigenvalue weighted by Gasteiger charge is 2.20. The van der Waals surface area contributed by atoms with E-state index in [9.17, 15) is 4.79 Å². The number of aliphatic imine (C=N–C) groups is 1. The van der Waals surface area contributed by atoms with Crippen molar-refractivity contribution in [2.75, 3.05) is 5.12 Å². The van der Waals surface area contributed by atoms with E-state index in [4.69, 9.17) is 11.6 Å². The Hall–Kier alpha value is -3.50. The Morgan fingerprint density at radius 1 is 0.909 bits per heavy atom. The number of hydrogen-bond donors (Lipinski definition) is 0. The first-order valence-electron chi connectivity index (χ1n) is 16.0. The summed E-state index contributed by atoms with van der Waals surface area (Å²) in [4.78, 5) is 16.1. The Labute approximate surface area is 271 Å². The molecule has 0 saturated carbocycles. The lowest BCUT2D eigenvalue weighted by Gasteiger charge is -2.21. The molecule has 0 radical (unpaired) electrons. The third kappa shape index (κ3) is 13.0. The third-order valence-corrected chi connectivity index (χ3v) is 7.47. The summed E-state index contributed by atoms with van der Waals surface area (Å²) in [6, 6.07) is 24.5. The van der Waals surface area contributed by atoms with Crippen LogP contribution in [0.1, 0.15) is 114 Å². The molecule has 0 aliphatic carbocycles. The molecule has 0 bridgehead atoms. The van der Waals surface area contributed by atoms with E-state index in [1.807, 2.05) is 39.8 Å². The van der Waals surface area contributed by atoms with Crippen LogP contribution in [0.4, 0.5) is 10.2 Å². The van der Waals surface area contributed by atoms with E-state index < -0.39 is 0 Å². The highest BCUT2D eigenvalue weighted by atomic mass is 35.5. The first-order chi connectivity index (χ1) is 21.2. The number of hydrogen-bond acceptors (Lipinski definition) is 2. The summed E-state index contributed by atoms with van der Waals surface area (Å²) in [5, 5.41) is 1.19. The summed E-state index contributed by atoms with van der Waals surface area (Å²) < 4.78 is 15.3. The SMILES string of the molecule is C=C/C=C(\N=C(C(C)CC)N(F)c1ccc(C(C)=O)cc1)c1ccc(Cl)cc1.CC.CCCCC(CCC)c1ccccc1. The van der Waals surface area contributed by atoms with Gasteiger partial charge in [0.15, 0.2) is 5.78 Å². The van der Waals surface area contributed by atoms with Crippen molar-refractivity contribution in [3.63, 3.8) is 0 Å². The lowest BCUT2D eigenvalue weighted by Crippen LogP contribution is -2.28. The summed E-state index contributed by atoms with van der Waals surface area (Å²) in [5.74, 6) is 0.881. The van der Waals surface area contributed by atoms with Crippen LogP contribution in [0.5, 0.6) is 0 Å². The molecule has 0 aliphatic heterocycles. The van der Waals surface area contributed by atoms with Crippen molar-refractivity contribution in [3.05, 3.63) is 119 Å². The van der Waals surface area contributed by atoms with Crippen LogP contribution < -0.4 is 5.12 Å². The fourth-order valence-corrected chi connectivity index (χ4v) is 4.67. The number of amidine groups is 1. The summed E-state index contributed by atoms with van der Waals surface area (Å²) in [6.45, 7) is 17.7. The lowest BCUT2D eigenvalue weighted by molar-refractivity contribution is 0.101. The van der Waals surface area contributed by atoms with Gasteiger partial charge < -0.3 is 0 Å². The molecular weight excluding hydrogens is 567 g/mol. The summed E-state index contributed by atoms with van der Waals surface area (Å²) in [6.07, 6.45) is 10.7. The topological polar surface area (TPSA) is 32.7 Å². The number of nitrogens with zero attached hydrogens (tertiary/aromatic N) is 2. The van der Waals surface area contributed by atoms with E-state index in [2.05, 4.69) is 55.8 Å². The molecule has 0 spiro atoms. The van der Waals surface area contributed by atoms with Crippen LogP contribution in [-0.4, -0.2) is 11.6 Å². The smallest absolute Gasteiger partial charge is 0.159 e. The number of unbranched alkanes of at least 4 members (excludes halogenated alkanes) is 1. The van der Waals surface area contributed by atoms with Gasteiger partial charge in [-0.05, 0) is 80.1 Å². The van der Waals surface area contributed by atoms with E-state index in [-0.39, 0.29) is 17.5 Å². The van der Waals surface area contributed by atoms with Gasteiger partial charge in [0.2, 0.25) is 0 Å². The van der Waals surface area contributed by atoms with Crippen LogP contribution in [-0.2, 0) is 0 Å². The molecule has 44 heavy (non-hydrogen) atoms. The fraction of sp³-hybridized carbons (Fsp3) is 0.385. The minimum absolute atomic E-state index is 0.0632. The van der Waals surface area contributed by atoms with Crippen molar-refractivity contribution >= 4 is 34.6 Å². The number of carbonyl (C=O) groups excluding carboxylic acids is 1. The van der Waals surface area contributed by atoms with Gasteiger partial charge in [-0.2, -0.15) is 5.12 Å². The molecular formula is C39H52ClFN2O. The summed E-state index contributed by atoms with van der Waals surface area (Å²) in [5.41, 5.74) is 3.78. The first kappa shape index (κ1) is 38.5. The van der Waals surface area contributed by atoms with Crippen molar-refractivity contribution in [2.45, 2.75) is 92.9 Å². The zero-order valence-corrected chi connectivity index (χ0v) is 28.6. The number of Topliss-reactive ketones (excluding diaryl/α,β-unsaturated/α-hetero) is 1. The second-order valence-corrected chi connectivity index (χ2v) is 10.9. The third-order valence-electron chi connectivity index (χ3n) is 7.22. The zero-order valence-electron chi connectivity index (χ0n) is 27.8. The Morgan fingerprint density at radius 3 is 2.00 bits per heavy atom. The molecule has 3 nitrogen and oxygen atoms in total. The fourth-order valence-electron chi connectivity index (χ4n) is 4.55. The zero-order chi connectivity index (χ0) is 32.9. The van der Waals surface area contributed by atoms with Gasteiger partial charge in [-0.3, -0.25) is 4.79 Å². The molecule has 0 aromatic heterocycles. The molecule has 0 amide bonds. The Kier molecular flexibility index (Phi) is 19.3. The van der Waals surface area contributed by atoms with Gasteiger partial charge in [0.25, 0.3) is 0 Å². The molecule has 5 heteroatoms. The summed E-state index contributed by atoms with van der Waals surface area (Å²) >= 11 is 5.97. The van der Waals surface area contributed by atoms with E-state index >= 15 is 4.48 Å². The predicted octanol–water partition coefficient (Wildman–Crippen LogP) is 12.7. The lowest BCUT2D eigenvalue weighted by atomic mass is 9.90. The van der Waals surface area contributed by atoms with Crippen molar-refractivity contribution in [3.8, 4) is 0 Å². The van der Waals surface area contributed by atoms with E-state index in [0.29, 0.717) is 33.5 Å². The van der Waals surface area contributed by atoms with Crippen molar-refractivity contribution in [1.29, 1.82) is 0 Å². The second kappa shape index (κ2) is 22.1. The van der Waals surface area contributed by atoms with Gasteiger partial charge in [0, 0.05) is 22.1 Å². The average Bonchev–Trinajstić information content (AvgIpc) is 3.06. The molecule has 0 saturated heterocycles.